The molecular weight excluding hydrogens is 633 g/mol. The van der Waals surface area contributed by atoms with E-state index in [0.29, 0.717) is 0 Å². The Kier molecular flexibility index (Phi) is 6.84. The Morgan fingerprint density at radius 3 is 1.88 bits per heavy atom. The minimum atomic E-state index is -0.329. The van der Waals surface area contributed by atoms with Crippen molar-refractivity contribution < 1.29 is 4.42 Å². The van der Waals surface area contributed by atoms with E-state index >= 15 is 0 Å². The molecule has 0 aliphatic carbocycles. The molecule has 1 aliphatic heterocycles. The summed E-state index contributed by atoms with van der Waals surface area (Å²) in [7, 11) is 0. The molecule has 0 saturated heterocycles. The molecular formula is C49H36N2O. The van der Waals surface area contributed by atoms with E-state index < -0.39 is 0 Å². The van der Waals surface area contributed by atoms with Gasteiger partial charge in [-0.25, -0.2) is 0 Å². The smallest absolute Gasteiger partial charge is 0.143 e. The van der Waals surface area contributed by atoms with Gasteiger partial charge in [-0.15, -0.1) is 0 Å². The third kappa shape index (κ3) is 4.52. The monoisotopic (exact) mass is 668 g/mol. The minimum Gasteiger partial charge on any atom is -0.455 e. The van der Waals surface area contributed by atoms with Crippen LogP contribution in [0.5, 0.6) is 0 Å². The summed E-state index contributed by atoms with van der Waals surface area (Å²) in [6.45, 7) is 4.75. The second kappa shape index (κ2) is 11.8. The minimum absolute atomic E-state index is 0.329. The Hall–Kier alpha value is -6.58. The van der Waals surface area contributed by atoms with Crippen LogP contribution in [0.25, 0.3) is 43.8 Å². The molecule has 0 atom stereocenters. The van der Waals surface area contributed by atoms with Crippen molar-refractivity contribution in [2.75, 3.05) is 9.80 Å². The number of nitrogens with zero attached hydrogens (tertiary/aromatic N) is 2. The van der Waals surface area contributed by atoms with Crippen LogP contribution >= 0.6 is 0 Å². The first-order valence-corrected chi connectivity index (χ1v) is 18.0. The summed E-state index contributed by atoms with van der Waals surface area (Å²) in [5, 5.41) is 4.62. The number of rotatable bonds is 5. The van der Waals surface area contributed by atoms with Crippen molar-refractivity contribution >= 4 is 66.8 Å². The molecule has 0 fully saturated rings. The van der Waals surface area contributed by atoms with Crippen molar-refractivity contribution in [3.8, 4) is 11.1 Å². The number of furan rings is 1. The third-order valence-electron chi connectivity index (χ3n) is 10.8. The molecule has 0 unspecified atom stereocenters. The highest BCUT2D eigenvalue weighted by atomic mass is 16.3. The van der Waals surface area contributed by atoms with Crippen molar-refractivity contribution in [3.05, 3.63) is 193 Å². The van der Waals surface area contributed by atoms with Gasteiger partial charge in [-0.05, 0) is 59.5 Å². The summed E-state index contributed by atoms with van der Waals surface area (Å²) in [6, 6.07) is 65.4. The predicted molar refractivity (Wildman–Crippen MR) is 218 cm³/mol. The molecule has 0 N–H and O–H groups in total. The molecule has 52 heavy (non-hydrogen) atoms. The van der Waals surface area contributed by atoms with Gasteiger partial charge in [0.1, 0.15) is 11.2 Å². The summed E-state index contributed by atoms with van der Waals surface area (Å²) < 4.78 is 6.69. The molecule has 8 aromatic carbocycles. The van der Waals surface area contributed by atoms with Crippen LogP contribution in [0.2, 0.25) is 0 Å². The van der Waals surface area contributed by atoms with Gasteiger partial charge in [0.05, 0.1) is 22.7 Å². The average Bonchev–Trinajstić information content (AvgIpc) is 3.58. The van der Waals surface area contributed by atoms with Crippen LogP contribution in [-0.2, 0) is 5.41 Å². The number of hydrogen-bond acceptors (Lipinski definition) is 3. The summed E-state index contributed by atoms with van der Waals surface area (Å²) in [6.07, 6.45) is 0. The highest BCUT2D eigenvalue weighted by Crippen LogP contribution is 2.58. The summed E-state index contributed by atoms with van der Waals surface area (Å²) in [4.78, 5) is 4.93. The topological polar surface area (TPSA) is 19.6 Å². The van der Waals surface area contributed by atoms with E-state index in [2.05, 4.69) is 200 Å². The first-order chi connectivity index (χ1) is 25.6. The molecule has 3 nitrogen and oxygen atoms in total. The first-order valence-electron chi connectivity index (χ1n) is 18.0. The van der Waals surface area contributed by atoms with E-state index in [4.69, 9.17) is 4.42 Å². The van der Waals surface area contributed by atoms with Crippen LogP contribution in [0.3, 0.4) is 0 Å². The summed E-state index contributed by atoms with van der Waals surface area (Å²) in [5.41, 5.74) is 13.1. The molecule has 1 aliphatic rings. The van der Waals surface area contributed by atoms with Crippen LogP contribution in [-0.4, -0.2) is 0 Å². The first kappa shape index (κ1) is 30.3. The quantitative estimate of drug-likeness (QED) is 0.182. The van der Waals surface area contributed by atoms with E-state index in [1.807, 2.05) is 6.07 Å². The standard InChI is InChI=1S/C49H36N2O/c1-49(2)41-26-12-13-27-42(41)51(44-29-16-28-43(46(44)49)50(34-18-5-3-6-19-34)35-20-7-4-8-21-35)47-36-22-10-9-17-33(36)31-32-38(47)40-25-15-24-39-37-23-11-14-30-45(37)52-48(39)40/h3-32H,1-2H3. The Balaban J connectivity index is 1.31. The molecule has 248 valence electrons. The fraction of sp³-hybridized carbons (Fsp3) is 0.0612. The lowest BCUT2D eigenvalue weighted by Crippen LogP contribution is -2.32. The highest BCUT2D eigenvalue weighted by molar-refractivity contribution is 6.14. The molecule has 10 rings (SSSR count). The van der Waals surface area contributed by atoms with Gasteiger partial charge in [0.2, 0.25) is 0 Å². The van der Waals surface area contributed by atoms with E-state index in [1.165, 1.54) is 27.6 Å². The molecule has 0 bridgehead atoms. The second-order valence-corrected chi connectivity index (χ2v) is 14.1. The number of para-hydroxylation sites is 5. The van der Waals surface area contributed by atoms with Crippen LogP contribution in [0.1, 0.15) is 25.0 Å². The fourth-order valence-corrected chi connectivity index (χ4v) is 8.50. The summed E-state index contributed by atoms with van der Waals surface area (Å²) in [5.74, 6) is 0. The van der Waals surface area contributed by atoms with Gasteiger partial charge in [-0.3, -0.25) is 0 Å². The van der Waals surface area contributed by atoms with Crippen LogP contribution in [0.15, 0.2) is 186 Å². The van der Waals surface area contributed by atoms with Crippen LogP contribution in [0.4, 0.5) is 34.1 Å². The maximum absolute atomic E-state index is 6.69. The lowest BCUT2D eigenvalue weighted by molar-refractivity contribution is 0.632. The number of anilines is 6. The van der Waals surface area contributed by atoms with Crippen LogP contribution in [0, 0.1) is 0 Å². The largest absolute Gasteiger partial charge is 0.455 e. The molecule has 9 aromatic rings. The van der Waals surface area contributed by atoms with Gasteiger partial charge in [-0.1, -0.05) is 147 Å². The lowest BCUT2D eigenvalue weighted by atomic mass is 9.72. The van der Waals surface area contributed by atoms with E-state index in [9.17, 15) is 0 Å². The van der Waals surface area contributed by atoms with Crippen molar-refractivity contribution in [2.24, 2.45) is 0 Å². The zero-order chi connectivity index (χ0) is 34.8. The third-order valence-corrected chi connectivity index (χ3v) is 10.8. The maximum atomic E-state index is 6.69. The van der Waals surface area contributed by atoms with Crippen LogP contribution < -0.4 is 9.80 Å². The zero-order valence-electron chi connectivity index (χ0n) is 29.1. The van der Waals surface area contributed by atoms with Crippen molar-refractivity contribution in [3.63, 3.8) is 0 Å². The Bertz CT molecular complexity index is 2740. The zero-order valence-corrected chi connectivity index (χ0v) is 29.1. The van der Waals surface area contributed by atoms with Gasteiger partial charge in [0.25, 0.3) is 0 Å². The predicted octanol–water partition coefficient (Wildman–Crippen LogP) is 14.0. The molecule has 0 saturated carbocycles. The van der Waals surface area contributed by atoms with Gasteiger partial charge >= 0.3 is 0 Å². The second-order valence-electron chi connectivity index (χ2n) is 14.1. The maximum Gasteiger partial charge on any atom is 0.143 e. The Morgan fingerprint density at radius 1 is 0.481 bits per heavy atom. The number of benzene rings is 8. The summed E-state index contributed by atoms with van der Waals surface area (Å²) >= 11 is 0. The number of fused-ring (bicyclic) bond motifs is 6. The van der Waals surface area contributed by atoms with Crippen molar-refractivity contribution in [1.82, 2.24) is 0 Å². The van der Waals surface area contributed by atoms with E-state index in [1.54, 1.807) is 0 Å². The highest BCUT2D eigenvalue weighted by Gasteiger charge is 2.41. The molecule has 3 heteroatoms. The molecule has 0 amide bonds. The Morgan fingerprint density at radius 2 is 1.10 bits per heavy atom. The lowest BCUT2D eigenvalue weighted by Gasteiger charge is -2.45. The fourth-order valence-electron chi connectivity index (χ4n) is 8.50. The molecule has 2 heterocycles. The molecule has 0 radical (unpaired) electrons. The van der Waals surface area contributed by atoms with Crippen molar-refractivity contribution in [1.29, 1.82) is 0 Å². The SMILES string of the molecule is CC1(C)c2ccccc2N(c2c(-c3cccc4c3oc3ccccc34)ccc3ccccc23)c2cccc(N(c3ccccc3)c3ccccc3)c21. The average molecular weight is 669 g/mol. The van der Waals surface area contributed by atoms with Gasteiger partial charge < -0.3 is 14.2 Å². The van der Waals surface area contributed by atoms with Crippen molar-refractivity contribution in [2.45, 2.75) is 19.3 Å². The van der Waals surface area contributed by atoms with E-state index in [-0.39, 0.29) is 5.41 Å². The normalized spacial score (nSPS) is 13.3. The Labute approximate surface area is 303 Å². The van der Waals surface area contributed by atoms with Gasteiger partial charge in [-0.2, -0.15) is 0 Å². The molecule has 1 aromatic heterocycles. The van der Waals surface area contributed by atoms with Gasteiger partial charge in [0.15, 0.2) is 0 Å². The van der Waals surface area contributed by atoms with E-state index in [0.717, 1.165) is 61.5 Å². The number of hydrogen-bond donors (Lipinski definition) is 0. The van der Waals surface area contributed by atoms with Gasteiger partial charge in [0, 0.05) is 49.6 Å². The molecule has 0 spiro atoms.